The fourth-order valence-electron chi connectivity index (χ4n) is 7.45. The first kappa shape index (κ1) is 42.6. The van der Waals surface area contributed by atoms with E-state index in [0.29, 0.717) is 0 Å². The Balaban J connectivity index is 0.000000411. The summed E-state index contributed by atoms with van der Waals surface area (Å²) >= 11 is 0. The monoisotopic (exact) mass is 873 g/mol. The Morgan fingerprint density at radius 2 is 0.594 bits per heavy atom. The largest absolute Gasteiger partial charge is 2.00 e. The van der Waals surface area contributed by atoms with Crippen molar-refractivity contribution in [2.24, 2.45) is 0 Å². The number of hydrogen-bond acceptors (Lipinski definition) is 6. The Kier molecular flexibility index (Phi) is 13.1. The van der Waals surface area contributed by atoms with E-state index in [-0.39, 0.29) is 22.6 Å². The summed E-state index contributed by atoms with van der Waals surface area (Å²) in [4.78, 5) is 20.7. The molecule has 309 valence electrons. The normalized spacial score (nSPS) is 10.7. The molecule has 0 aliphatic carbocycles. The molecule has 0 bridgehead atoms. The number of carboxylic acid groups (broad SMARTS) is 1. The molecule has 0 unspecified atom stereocenters. The third kappa shape index (κ3) is 9.22. The number of nitrogens with zero attached hydrogens (tertiary/aromatic N) is 6. The molecule has 0 N–H and O–H groups in total. The number of carbonyl (C=O) groups excluding carboxylic acids is 2. The van der Waals surface area contributed by atoms with Crippen molar-refractivity contribution < 1.29 is 31.8 Å². The Hall–Kier alpha value is -8.11. The molecule has 0 saturated heterocycles. The minimum atomic E-state index is -1.67. The van der Waals surface area contributed by atoms with Crippen LogP contribution in [0.25, 0.3) is 67.5 Å². The van der Waals surface area contributed by atoms with Gasteiger partial charge in [-0.1, -0.05) is 212 Å². The smallest absolute Gasteiger partial charge is 0.541 e. The summed E-state index contributed by atoms with van der Waals surface area (Å²) in [5, 5.41) is 26.4. The molecule has 7 aromatic carbocycles. The molecule has 0 atom stereocenters. The summed E-state index contributed by atoms with van der Waals surface area (Å²) in [5.41, 5.74) is 11.7. The number of aromatic nitrogens is 6. The Bertz CT molecular complexity index is 2800. The van der Waals surface area contributed by atoms with Crippen LogP contribution in [0.2, 0.25) is 0 Å². The van der Waals surface area contributed by atoms with Crippen molar-refractivity contribution in [1.29, 1.82) is 0 Å². The maximum absolute atomic E-state index is 10.7. The summed E-state index contributed by atoms with van der Waals surface area (Å²) in [6, 6.07) is 76.6. The minimum absolute atomic E-state index is 0. The van der Waals surface area contributed by atoms with Gasteiger partial charge in [0.2, 0.25) is 5.78 Å². The first-order valence-corrected chi connectivity index (χ1v) is 20.4. The molecule has 0 aliphatic heterocycles. The number of rotatable bonds is 11. The summed E-state index contributed by atoms with van der Waals surface area (Å²) in [6.07, 6.45) is 0. The second-order valence-electron chi connectivity index (χ2n) is 14.6. The van der Waals surface area contributed by atoms with Crippen molar-refractivity contribution in [2.45, 2.75) is 0 Å². The van der Waals surface area contributed by atoms with Crippen LogP contribution in [0.15, 0.2) is 231 Å². The first-order valence-electron chi connectivity index (χ1n) is 20.4. The number of carboxylic acids is 1. The van der Waals surface area contributed by atoms with Gasteiger partial charge in [-0.15, -0.1) is 0 Å². The van der Waals surface area contributed by atoms with E-state index in [1.165, 1.54) is 12.1 Å². The van der Waals surface area contributed by atoms with E-state index in [4.69, 9.17) is 15.3 Å². The fourth-order valence-corrected chi connectivity index (χ4v) is 7.45. The fraction of sp³-hybridized carbons (Fsp3) is 0. The van der Waals surface area contributed by atoms with Crippen molar-refractivity contribution >= 4 is 18.9 Å². The molecule has 10 rings (SSSR count). The van der Waals surface area contributed by atoms with E-state index in [2.05, 4.69) is 141 Å². The zero-order chi connectivity index (χ0) is 43.0. The SMILES string of the molecule is O=C([O-])C(=O)c1ccccc1.[Fe+2].c1ccc(-c2cc(-c3ccccc3)n([B-](n3nc(-c4ccccc4)cc3-c3ccccc3)n3nc(-c4ccccc4)cc3-c3ccccc3)n2)cc1. The second kappa shape index (κ2) is 19.7. The predicted molar refractivity (Wildman–Crippen MR) is 247 cm³/mol. The van der Waals surface area contributed by atoms with Gasteiger partial charge in [-0.25, -0.2) is 15.3 Å². The number of carbonyl (C=O) groups is 2. The maximum Gasteiger partial charge on any atom is 2.00 e. The zero-order valence-electron chi connectivity index (χ0n) is 34.3. The molecule has 9 nitrogen and oxygen atoms in total. The van der Waals surface area contributed by atoms with Crippen molar-refractivity contribution in [3.05, 3.63) is 236 Å². The Labute approximate surface area is 381 Å². The van der Waals surface area contributed by atoms with Gasteiger partial charge in [-0.3, -0.25) is 4.79 Å². The summed E-state index contributed by atoms with van der Waals surface area (Å²) in [6.45, 7) is 0. The van der Waals surface area contributed by atoms with Crippen LogP contribution in [0.3, 0.4) is 0 Å². The molecule has 10 aromatic rings. The van der Waals surface area contributed by atoms with Gasteiger partial charge in [-0.2, -0.15) is 0 Å². The number of Topliss-reactive ketones (excluding diaryl/α,β-unsaturated/α-hetero) is 1. The number of ketones is 1. The topological polar surface area (TPSA) is 111 Å². The third-order valence-corrected chi connectivity index (χ3v) is 10.5. The molecule has 64 heavy (non-hydrogen) atoms. The molecular formula is C53H38BFeN6O3. The van der Waals surface area contributed by atoms with Crippen LogP contribution in [-0.4, -0.2) is 47.9 Å². The van der Waals surface area contributed by atoms with Crippen LogP contribution in [-0.2, 0) is 21.9 Å². The van der Waals surface area contributed by atoms with Crippen LogP contribution >= 0.6 is 0 Å². The van der Waals surface area contributed by atoms with Gasteiger partial charge < -0.3 is 23.7 Å². The van der Waals surface area contributed by atoms with E-state index in [1.807, 2.05) is 72.8 Å². The summed E-state index contributed by atoms with van der Waals surface area (Å²) < 4.78 is 6.25. The van der Waals surface area contributed by atoms with Gasteiger partial charge in [0.15, 0.2) is 0 Å². The molecule has 1 radical (unpaired) electrons. The number of hydrogen-bond donors (Lipinski definition) is 0. The van der Waals surface area contributed by atoms with E-state index in [1.54, 1.807) is 18.2 Å². The third-order valence-electron chi connectivity index (χ3n) is 10.5. The molecule has 0 fully saturated rings. The molecule has 3 heterocycles. The molecule has 0 saturated carbocycles. The zero-order valence-corrected chi connectivity index (χ0v) is 35.4. The van der Waals surface area contributed by atoms with Crippen LogP contribution in [0.4, 0.5) is 0 Å². The van der Waals surface area contributed by atoms with Gasteiger partial charge in [0, 0.05) is 39.3 Å². The van der Waals surface area contributed by atoms with Gasteiger partial charge in [0.25, 0.3) is 7.12 Å². The molecule has 0 aliphatic rings. The van der Waals surface area contributed by atoms with Crippen LogP contribution in [0.5, 0.6) is 0 Å². The van der Waals surface area contributed by atoms with E-state index in [0.717, 1.165) is 67.5 Å². The second-order valence-corrected chi connectivity index (χ2v) is 14.6. The van der Waals surface area contributed by atoms with Gasteiger partial charge in [0.05, 0.1) is 17.1 Å². The van der Waals surface area contributed by atoms with Crippen molar-refractivity contribution in [3.63, 3.8) is 0 Å². The molecule has 3 aromatic heterocycles. The molecule has 11 heteroatoms. The Morgan fingerprint density at radius 1 is 0.359 bits per heavy atom. The molecule has 0 spiro atoms. The quantitative estimate of drug-likeness (QED) is 0.0728. The van der Waals surface area contributed by atoms with E-state index in [9.17, 15) is 14.7 Å². The summed E-state index contributed by atoms with van der Waals surface area (Å²) in [5.74, 6) is -2.65. The van der Waals surface area contributed by atoms with E-state index >= 15 is 0 Å². The minimum Gasteiger partial charge on any atom is -0.541 e. The van der Waals surface area contributed by atoms with Gasteiger partial charge in [-0.05, 0) is 34.9 Å². The summed E-state index contributed by atoms with van der Waals surface area (Å²) in [7, 11) is -0.659. The van der Waals surface area contributed by atoms with Crippen molar-refractivity contribution in [2.75, 3.05) is 0 Å². The van der Waals surface area contributed by atoms with Gasteiger partial charge >= 0.3 is 17.1 Å². The number of aliphatic carboxylic acids is 1. The standard InChI is InChI=1S/C45H33BN6.C8H6O3.Fe/c1-7-19-34(20-8-1)40-31-43(37-25-13-4-14-26-37)50(47-40)46(51-44(38-27-15-5-16-28-38)32-41(48-51)35-21-9-2-10-22-35)52-45(39-29-17-6-18-30-39)33-42(49-52)36-23-11-3-12-24-36;9-7(8(10)11)6-4-2-1-3-5-6;/h1-33H;1-5H,(H,10,11);/q-1;;+2/p-1. The maximum atomic E-state index is 10.7. The molecule has 0 amide bonds. The van der Waals surface area contributed by atoms with Crippen molar-refractivity contribution in [1.82, 2.24) is 29.1 Å². The first-order chi connectivity index (χ1) is 31.0. The molecular weight excluding hydrogens is 835 g/mol. The average molecular weight is 874 g/mol. The van der Waals surface area contributed by atoms with Crippen LogP contribution in [0, 0.1) is 0 Å². The average Bonchev–Trinajstić information content (AvgIpc) is 4.13. The Morgan fingerprint density at radius 3 is 0.844 bits per heavy atom. The van der Waals surface area contributed by atoms with Crippen molar-refractivity contribution in [3.8, 4) is 67.5 Å². The number of benzene rings is 7. The van der Waals surface area contributed by atoms with Crippen LogP contribution in [0.1, 0.15) is 10.4 Å². The van der Waals surface area contributed by atoms with Crippen LogP contribution < -0.4 is 5.11 Å². The van der Waals surface area contributed by atoms with E-state index < -0.39 is 18.9 Å². The van der Waals surface area contributed by atoms with Gasteiger partial charge in [0.1, 0.15) is 5.97 Å². The predicted octanol–water partition coefficient (Wildman–Crippen LogP) is 9.82.